The molecule has 0 aliphatic heterocycles. The van der Waals surface area contributed by atoms with Gasteiger partial charge in [0.2, 0.25) is 11.8 Å². The van der Waals surface area contributed by atoms with E-state index in [1.165, 1.54) is 17.4 Å². The molecule has 2 aromatic heterocycles. The molecule has 136 valence electrons. The fraction of sp³-hybridized carbons (Fsp3) is 0.471. The first-order chi connectivity index (χ1) is 11.9. The molecular weight excluding hydrogens is 342 g/mol. The van der Waals surface area contributed by atoms with E-state index in [1.807, 2.05) is 26.2 Å². The van der Waals surface area contributed by atoms with Crippen molar-refractivity contribution in [1.29, 1.82) is 0 Å². The number of amides is 1. The molecule has 0 radical (unpaired) electrons. The monoisotopic (exact) mass is 365 g/mol. The van der Waals surface area contributed by atoms with Gasteiger partial charge in [0.05, 0.1) is 24.0 Å². The molecule has 25 heavy (non-hydrogen) atoms. The second kappa shape index (κ2) is 8.77. The number of nitrogens with zero attached hydrogens (tertiary/aromatic N) is 2. The van der Waals surface area contributed by atoms with Gasteiger partial charge in [-0.1, -0.05) is 6.92 Å². The van der Waals surface area contributed by atoms with E-state index in [0.29, 0.717) is 10.7 Å². The van der Waals surface area contributed by atoms with E-state index in [1.54, 1.807) is 13.0 Å². The molecule has 0 saturated heterocycles. The van der Waals surface area contributed by atoms with Crippen molar-refractivity contribution in [3.8, 4) is 11.8 Å². The van der Waals surface area contributed by atoms with Gasteiger partial charge in [0, 0.05) is 17.5 Å². The molecule has 0 aromatic carbocycles. The summed E-state index contributed by atoms with van der Waals surface area (Å²) in [5.74, 6) is 0.184. The molecule has 0 aliphatic rings. The second-order valence-electron chi connectivity index (χ2n) is 5.76. The summed E-state index contributed by atoms with van der Waals surface area (Å²) in [4.78, 5) is 21.1. The van der Waals surface area contributed by atoms with Crippen LogP contribution in [-0.2, 0) is 6.42 Å². The number of anilines is 1. The molecule has 0 aliphatic carbocycles. The highest BCUT2D eigenvalue weighted by atomic mass is 32.1. The van der Waals surface area contributed by atoms with E-state index in [0.717, 1.165) is 12.1 Å². The lowest BCUT2D eigenvalue weighted by molar-refractivity contribution is 0.102. The smallest absolute Gasteiger partial charge is 0.257 e. The van der Waals surface area contributed by atoms with E-state index >= 15 is 0 Å². The molecule has 7 nitrogen and oxygen atoms in total. The van der Waals surface area contributed by atoms with Crippen LogP contribution in [0.3, 0.4) is 0 Å². The Bertz CT molecular complexity index is 718. The van der Waals surface area contributed by atoms with Gasteiger partial charge in [-0.05, 0) is 27.2 Å². The molecule has 0 saturated carbocycles. The van der Waals surface area contributed by atoms with Crippen LogP contribution in [0, 0.1) is 0 Å². The zero-order valence-electron chi connectivity index (χ0n) is 14.8. The standard InChI is InChI=1S/C17H23N3O4S/c1-5-13-9-25-17(18-13)20-16(22)12-6-14(23-10(2)3)19-15(7-12)24-11(4)8-21/h6-7,9-11,21H,5,8H2,1-4H3,(H,18,20,22)/t11-/m0/s1. The van der Waals surface area contributed by atoms with Gasteiger partial charge >= 0.3 is 0 Å². The average molecular weight is 365 g/mol. The number of aliphatic hydroxyl groups excluding tert-OH is 1. The topological polar surface area (TPSA) is 93.6 Å². The Morgan fingerprint density at radius 2 is 1.92 bits per heavy atom. The third kappa shape index (κ3) is 5.68. The van der Waals surface area contributed by atoms with Gasteiger partial charge in [-0.15, -0.1) is 11.3 Å². The van der Waals surface area contributed by atoms with Crippen LogP contribution in [0.4, 0.5) is 5.13 Å². The highest BCUT2D eigenvalue weighted by molar-refractivity contribution is 7.13. The van der Waals surface area contributed by atoms with E-state index in [9.17, 15) is 4.79 Å². The van der Waals surface area contributed by atoms with Crippen molar-refractivity contribution in [2.75, 3.05) is 11.9 Å². The Balaban J connectivity index is 2.23. The van der Waals surface area contributed by atoms with Gasteiger partial charge in [0.25, 0.3) is 5.91 Å². The molecule has 2 rings (SSSR count). The van der Waals surface area contributed by atoms with Crippen molar-refractivity contribution in [2.45, 2.75) is 46.3 Å². The number of hydrogen-bond donors (Lipinski definition) is 2. The summed E-state index contributed by atoms with van der Waals surface area (Å²) in [6.45, 7) is 7.29. The van der Waals surface area contributed by atoms with Gasteiger partial charge in [-0.2, -0.15) is 4.98 Å². The Morgan fingerprint density at radius 1 is 1.24 bits per heavy atom. The maximum atomic E-state index is 12.5. The first-order valence-corrected chi connectivity index (χ1v) is 9.01. The van der Waals surface area contributed by atoms with Crippen molar-refractivity contribution in [3.63, 3.8) is 0 Å². The van der Waals surface area contributed by atoms with Crippen molar-refractivity contribution >= 4 is 22.4 Å². The Kier molecular flexibility index (Phi) is 6.72. The number of carbonyl (C=O) groups is 1. The highest BCUT2D eigenvalue weighted by Crippen LogP contribution is 2.22. The van der Waals surface area contributed by atoms with Crippen LogP contribution in [0.1, 0.15) is 43.7 Å². The minimum atomic E-state index is -0.441. The number of nitrogens with one attached hydrogen (secondary N) is 1. The molecule has 1 atom stereocenters. The lowest BCUT2D eigenvalue weighted by Crippen LogP contribution is -2.19. The number of aromatic nitrogens is 2. The first-order valence-electron chi connectivity index (χ1n) is 8.13. The minimum Gasteiger partial charge on any atom is -0.475 e. The summed E-state index contributed by atoms with van der Waals surface area (Å²) in [5.41, 5.74) is 1.28. The summed E-state index contributed by atoms with van der Waals surface area (Å²) in [5, 5.41) is 14.4. The number of hydrogen-bond acceptors (Lipinski definition) is 7. The van der Waals surface area contributed by atoms with Crippen LogP contribution in [0.15, 0.2) is 17.5 Å². The predicted molar refractivity (Wildman–Crippen MR) is 96.6 cm³/mol. The number of thiazole rings is 1. The molecule has 0 spiro atoms. The summed E-state index contributed by atoms with van der Waals surface area (Å²) in [6.07, 6.45) is 0.272. The van der Waals surface area contributed by atoms with Gasteiger partial charge < -0.3 is 14.6 Å². The zero-order chi connectivity index (χ0) is 18.4. The predicted octanol–water partition coefficient (Wildman–Crippen LogP) is 2.90. The first kappa shape index (κ1) is 19.1. The molecular formula is C17H23N3O4S. The summed E-state index contributed by atoms with van der Waals surface area (Å²) >= 11 is 1.38. The Labute approximate surface area is 151 Å². The summed E-state index contributed by atoms with van der Waals surface area (Å²) in [7, 11) is 0. The van der Waals surface area contributed by atoms with Gasteiger partial charge in [0.1, 0.15) is 6.10 Å². The van der Waals surface area contributed by atoms with Crippen LogP contribution in [0.5, 0.6) is 11.8 Å². The molecule has 0 bridgehead atoms. The van der Waals surface area contributed by atoms with Gasteiger partial charge in [0.15, 0.2) is 5.13 Å². The number of aryl methyl sites for hydroxylation is 1. The van der Waals surface area contributed by atoms with Gasteiger partial charge in [-0.3, -0.25) is 10.1 Å². The van der Waals surface area contributed by atoms with Crippen molar-refractivity contribution in [1.82, 2.24) is 9.97 Å². The van der Waals surface area contributed by atoms with Crippen molar-refractivity contribution in [3.05, 3.63) is 28.8 Å². The number of carbonyl (C=O) groups excluding carboxylic acids is 1. The van der Waals surface area contributed by atoms with Crippen LogP contribution >= 0.6 is 11.3 Å². The number of aliphatic hydroxyl groups is 1. The van der Waals surface area contributed by atoms with Crippen LogP contribution in [0.2, 0.25) is 0 Å². The lowest BCUT2D eigenvalue weighted by atomic mass is 10.2. The minimum absolute atomic E-state index is 0.0972. The third-order valence-corrected chi connectivity index (χ3v) is 3.92. The van der Waals surface area contributed by atoms with E-state index in [4.69, 9.17) is 14.6 Å². The SMILES string of the molecule is CCc1csc(NC(=O)c2cc(OC(C)C)nc(O[C@@H](C)CO)c2)n1. The molecule has 0 unspecified atom stereocenters. The Hall–Kier alpha value is -2.19. The number of ether oxygens (including phenoxy) is 2. The normalized spacial score (nSPS) is 12.1. The fourth-order valence-electron chi connectivity index (χ4n) is 1.91. The highest BCUT2D eigenvalue weighted by Gasteiger charge is 2.15. The number of rotatable bonds is 8. The molecule has 2 aromatic rings. The zero-order valence-corrected chi connectivity index (χ0v) is 15.6. The maximum absolute atomic E-state index is 12.5. The van der Waals surface area contributed by atoms with E-state index in [-0.39, 0.29) is 30.4 Å². The summed E-state index contributed by atoms with van der Waals surface area (Å²) in [6, 6.07) is 3.07. The maximum Gasteiger partial charge on any atom is 0.257 e. The molecule has 8 heteroatoms. The average Bonchev–Trinajstić information content (AvgIpc) is 3.01. The van der Waals surface area contributed by atoms with Gasteiger partial charge in [-0.25, -0.2) is 4.98 Å². The molecule has 2 heterocycles. The van der Waals surface area contributed by atoms with E-state index in [2.05, 4.69) is 15.3 Å². The third-order valence-electron chi connectivity index (χ3n) is 3.11. The summed E-state index contributed by atoms with van der Waals surface area (Å²) < 4.78 is 11.1. The quantitative estimate of drug-likeness (QED) is 0.747. The molecule has 0 fully saturated rings. The number of pyridine rings is 1. The van der Waals surface area contributed by atoms with Crippen LogP contribution in [-0.4, -0.2) is 39.8 Å². The molecule has 2 N–H and O–H groups in total. The van der Waals surface area contributed by atoms with Crippen LogP contribution < -0.4 is 14.8 Å². The molecule has 1 amide bonds. The van der Waals surface area contributed by atoms with Crippen molar-refractivity contribution < 1.29 is 19.4 Å². The van der Waals surface area contributed by atoms with E-state index < -0.39 is 6.10 Å². The lowest BCUT2D eigenvalue weighted by Gasteiger charge is -2.15. The Morgan fingerprint density at radius 3 is 2.48 bits per heavy atom. The van der Waals surface area contributed by atoms with Crippen LogP contribution in [0.25, 0.3) is 0 Å². The largest absolute Gasteiger partial charge is 0.475 e. The van der Waals surface area contributed by atoms with Crippen molar-refractivity contribution in [2.24, 2.45) is 0 Å². The second-order valence-corrected chi connectivity index (χ2v) is 6.62. The fourth-order valence-corrected chi connectivity index (χ4v) is 2.70.